The van der Waals surface area contributed by atoms with Crippen molar-refractivity contribution < 1.29 is 4.42 Å². The number of aryl methyl sites for hydroxylation is 1. The van der Waals surface area contributed by atoms with Crippen LogP contribution in [0.15, 0.2) is 10.5 Å². The Morgan fingerprint density at radius 2 is 2.24 bits per heavy atom. The Kier molecular flexibility index (Phi) is 4.24. The zero-order chi connectivity index (χ0) is 12.3. The van der Waals surface area contributed by atoms with E-state index in [2.05, 4.69) is 24.8 Å². The summed E-state index contributed by atoms with van der Waals surface area (Å²) < 4.78 is 5.79. The van der Waals surface area contributed by atoms with Crippen molar-refractivity contribution in [3.63, 3.8) is 0 Å². The molecule has 2 heterocycles. The van der Waals surface area contributed by atoms with E-state index in [9.17, 15) is 0 Å². The van der Waals surface area contributed by atoms with Gasteiger partial charge >= 0.3 is 0 Å². The Hall–Kier alpha value is -0.800. The molecule has 17 heavy (non-hydrogen) atoms. The van der Waals surface area contributed by atoms with Crippen LogP contribution in [0.5, 0.6) is 0 Å². The number of hydrogen-bond acceptors (Lipinski definition) is 3. The van der Waals surface area contributed by atoms with Gasteiger partial charge < -0.3 is 10.2 Å². The highest BCUT2D eigenvalue weighted by molar-refractivity contribution is 5.19. The average molecular weight is 236 g/mol. The molecule has 3 nitrogen and oxygen atoms in total. The quantitative estimate of drug-likeness (QED) is 0.877. The van der Waals surface area contributed by atoms with Crippen LogP contribution in [0.3, 0.4) is 0 Å². The van der Waals surface area contributed by atoms with Crippen molar-refractivity contribution in [3.05, 3.63) is 23.2 Å². The summed E-state index contributed by atoms with van der Waals surface area (Å²) in [6, 6.07) is 2.81. The summed E-state index contributed by atoms with van der Waals surface area (Å²) in [6.45, 7) is 7.02. The van der Waals surface area contributed by atoms with Gasteiger partial charge in [-0.15, -0.1) is 0 Å². The Bertz CT molecular complexity index is 359. The van der Waals surface area contributed by atoms with Gasteiger partial charge in [0.05, 0.1) is 13.1 Å². The van der Waals surface area contributed by atoms with Crippen LogP contribution < -0.4 is 5.73 Å². The lowest BCUT2D eigenvalue weighted by Gasteiger charge is -2.25. The van der Waals surface area contributed by atoms with E-state index in [0.29, 0.717) is 12.6 Å². The standard InChI is InChI=1S/C14H24N2O/c1-11-8-13(17-14(11)9-15)10-16-7-5-3-4-6-12(16)2/h8,12H,3-7,9-10,15H2,1-2H3. The third-order valence-corrected chi connectivity index (χ3v) is 3.81. The van der Waals surface area contributed by atoms with Gasteiger partial charge in [-0.3, -0.25) is 4.90 Å². The molecule has 0 spiro atoms. The maximum absolute atomic E-state index is 5.79. The normalized spacial score (nSPS) is 22.6. The van der Waals surface area contributed by atoms with Gasteiger partial charge in [-0.2, -0.15) is 0 Å². The molecule has 1 fully saturated rings. The minimum atomic E-state index is 0.501. The molecule has 1 aliphatic rings. The van der Waals surface area contributed by atoms with Gasteiger partial charge in [-0.05, 0) is 44.9 Å². The minimum absolute atomic E-state index is 0.501. The molecule has 1 saturated heterocycles. The lowest BCUT2D eigenvalue weighted by atomic mass is 10.1. The van der Waals surface area contributed by atoms with E-state index in [4.69, 9.17) is 10.2 Å². The highest BCUT2D eigenvalue weighted by Crippen LogP contribution is 2.21. The fourth-order valence-electron chi connectivity index (χ4n) is 2.64. The maximum atomic E-state index is 5.79. The van der Waals surface area contributed by atoms with Gasteiger partial charge in [-0.25, -0.2) is 0 Å². The van der Waals surface area contributed by atoms with Crippen LogP contribution in [-0.4, -0.2) is 17.5 Å². The fraction of sp³-hybridized carbons (Fsp3) is 0.714. The van der Waals surface area contributed by atoms with E-state index in [0.717, 1.165) is 18.1 Å². The molecule has 0 amide bonds. The van der Waals surface area contributed by atoms with E-state index in [-0.39, 0.29) is 0 Å². The third kappa shape index (κ3) is 3.11. The monoisotopic (exact) mass is 236 g/mol. The van der Waals surface area contributed by atoms with Gasteiger partial charge in [-0.1, -0.05) is 12.8 Å². The maximum Gasteiger partial charge on any atom is 0.120 e. The molecule has 0 aromatic carbocycles. The number of likely N-dealkylation sites (tertiary alicyclic amines) is 1. The molecule has 0 aliphatic carbocycles. The summed E-state index contributed by atoms with van der Waals surface area (Å²) in [7, 11) is 0. The Morgan fingerprint density at radius 1 is 1.41 bits per heavy atom. The molecule has 2 N–H and O–H groups in total. The van der Waals surface area contributed by atoms with Gasteiger partial charge in [0.25, 0.3) is 0 Å². The Morgan fingerprint density at radius 3 is 2.94 bits per heavy atom. The first-order valence-electron chi connectivity index (χ1n) is 6.73. The molecule has 1 aliphatic heterocycles. The van der Waals surface area contributed by atoms with E-state index in [1.807, 2.05) is 0 Å². The second kappa shape index (κ2) is 5.69. The molecule has 3 heteroatoms. The minimum Gasteiger partial charge on any atom is -0.463 e. The summed E-state index contributed by atoms with van der Waals surface area (Å²) >= 11 is 0. The smallest absolute Gasteiger partial charge is 0.120 e. The van der Waals surface area contributed by atoms with E-state index < -0.39 is 0 Å². The van der Waals surface area contributed by atoms with Gasteiger partial charge in [0.15, 0.2) is 0 Å². The SMILES string of the molecule is Cc1cc(CN2CCCCCC2C)oc1CN. The van der Waals surface area contributed by atoms with Crippen LogP contribution in [0.1, 0.15) is 49.7 Å². The fourth-order valence-corrected chi connectivity index (χ4v) is 2.64. The molecule has 0 saturated carbocycles. The Balaban J connectivity index is 2.02. The largest absolute Gasteiger partial charge is 0.463 e. The summed E-state index contributed by atoms with van der Waals surface area (Å²) in [5.74, 6) is 2.00. The molecular formula is C14H24N2O. The first-order valence-corrected chi connectivity index (χ1v) is 6.73. The van der Waals surface area contributed by atoms with E-state index in [1.165, 1.54) is 37.8 Å². The van der Waals surface area contributed by atoms with Crippen molar-refractivity contribution in [1.82, 2.24) is 4.90 Å². The second-order valence-corrected chi connectivity index (χ2v) is 5.19. The van der Waals surface area contributed by atoms with E-state index in [1.54, 1.807) is 0 Å². The molecule has 1 aromatic rings. The molecule has 1 unspecified atom stereocenters. The third-order valence-electron chi connectivity index (χ3n) is 3.81. The van der Waals surface area contributed by atoms with E-state index >= 15 is 0 Å². The number of furan rings is 1. The van der Waals surface area contributed by atoms with Crippen LogP contribution in [0.2, 0.25) is 0 Å². The summed E-state index contributed by atoms with van der Waals surface area (Å²) in [6.07, 6.45) is 5.35. The van der Waals surface area contributed by atoms with Gasteiger partial charge in [0.1, 0.15) is 11.5 Å². The van der Waals surface area contributed by atoms with Gasteiger partial charge in [0, 0.05) is 6.04 Å². The van der Waals surface area contributed by atoms with Crippen LogP contribution in [-0.2, 0) is 13.1 Å². The second-order valence-electron chi connectivity index (χ2n) is 5.19. The van der Waals surface area contributed by atoms with Crippen molar-refractivity contribution >= 4 is 0 Å². The lowest BCUT2D eigenvalue weighted by Crippen LogP contribution is -2.31. The van der Waals surface area contributed by atoms with Gasteiger partial charge in [0.2, 0.25) is 0 Å². The highest BCUT2D eigenvalue weighted by Gasteiger charge is 2.18. The molecule has 96 valence electrons. The molecule has 2 rings (SSSR count). The van der Waals surface area contributed by atoms with Crippen molar-refractivity contribution in [2.24, 2.45) is 5.73 Å². The number of nitrogens with two attached hydrogens (primary N) is 1. The molecule has 1 atom stereocenters. The zero-order valence-corrected chi connectivity index (χ0v) is 11.0. The molecule has 0 bridgehead atoms. The van der Waals surface area contributed by atoms with Crippen LogP contribution in [0, 0.1) is 6.92 Å². The molecular weight excluding hydrogens is 212 g/mol. The topological polar surface area (TPSA) is 42.4 Å². The van der Waals surface area contributed by atoms with Crippen LogP contribution in [0.4, 0.5) is 0 Å². The molecule has 0 radical (unpaired) electrons. The summed E-state index contributed by atoms with van der Waals surface area (Å²) in [4.78, 5) is 2.53. The van der Waals surface area contributed by atoms with Crippen LogP contribution >= 0.6 is 0 Å². The van der Waals surface area contributed by atoms with Crippen LogP contribution in [0.25, 0.3) is 0 Å². The first kappa shape index (κ1) is 12.7. The number of hydrogen-bond donors (Lipinski definition) is 1. The number of rotatable bonds is 3. The predicted octanol–water partition coefficient (Wildman–Crippen LogP) is 2.81. The zero-order valence-electron chi connectivity index (χ0n) is 11.0. The van der Waals surface area contributed by atoms with Crippen molar-refractivity contribution in [1.29, 1.82) is 0 Å². The summed E-state index contributed by atoms with van der Waals surface area (Å²) in [5, 5.41) is 0. The van der Waals surface area contributed by atoms with Crippen molar-refractivity contribution in [3.8, 4) is 0 Å². The predicted molar refractivity (Wildman–Crippen MR) is 69.7 cm³/mol. The number of nitrogens with zero attached hydrogens (tertiary/aromatic N) is 1. The average Bonchev–Trinajstić information content (AvgIpc) is 2.54. The molecule has 1 aromatic heterocycles. The van der Waals surface area contributed by atoms with Crippen molar-refractivity contribution in [2.75, 3.05) is 6.54 Å². The lowest BCUT2D eigenvalue weighted by molar-refractivity contribution is 0.188. The van der Waals surface area contributed by atoms with Crippen molar-refractivity contribution in [2.45, 2.75) is 58.7 Å². The Labute approximate surface area is 104 Å². The highest BCUT2D eigenvalue weighted by atomic mass is 16.3. The summed E-state index contributed by atoms with van der Waals surface area (Å²) in [5.41, 5.74) is 6.83. The first-order chi connectivity index (χ1) is 8.20.